The van der Waals surface area contributed by atoms with Gasteiger partial charge in [-0.05, 0) is 23.2 Å². The summed E-state index contributed by atoms with van der Waals surface area (Å²) in [6.45, 7) is 7.33. The predicted octanol–water partition coefficient (Wildman–Crippen LogP) is 2.02. The van der Waals surface area contributed by atoms with Gasteiger partial charge in [0.25, 0.3) is 0 Å². The summed E-state index contributed by atoms with van der Waals surface area (Å²) in [6, 6.07) is 0. The molecule has 0 saturated heterocycles. The summed E-state index contributed by atoms with van der Waals surface area (Å²) in [5.74, 6) is 0. The molecule has 0 radical (unpaired) electrons. The Morgan fingerprint density at radius 3 is 2.22 bits per heavy atom. The second kappa shape index (κ2) is 2.57. The van der Waals surface area contributed by atoms with Crippen LogP contribution in [0.1, 0.15) is 5.56 Å². The van der Waals surface area contributed by atoms with Gasteiger partial charge in [0.05, 0.1) is 0 Å². The van der Waals surface area contributed by atoms with Gasteiger partial charge in [0.1, 0.15) is 0 Å². The SMILES string of the molecule is CB(C)c1cscc1C. The van der Waals surface area contributed by atoms with Crippen molar-refractivity contribution in [3.05, 3.63) is 16.3 Å². The summed E-state index contributed by atoms with van der Waals surface area (Å²) in [4.78, 5) is 0. The first-order valence-electron chi connectivity index (χ1n) is 3.24. The number of thiophene rings is 1. The smallest absolute Gasteiger partial charge is 0.153 e. The Morgan fingerprint density at radius 2 is 2.00 bits per heavy atom. The Hall–Kier alpha value is -0.235. The second-order valence-electron chi connectivity index (χ2n) is 2.66. The molecule has 0 aliphatic rings. The second-order valence-corrected chi connectivity index (χ2v) is 3.41. The number of hydrogen-bond acceptors (Lipinski definition) is 1. The molecule has 0 aliphatic carbocycles. The van der Waals surface area contributed by atoms with E-state index in [1.165, 1.54) is 11.0 Å². The fourth-order valence-electron chi connectivity index (χ4n) is 0.962. The van der Waals surface area contributed by atoms with Crippen molar-refractivity contribution in [1.82, 2.24) is 0 Å². The van der Waals surface area contributed by atoms with Crippen LogP contribution in [0, 0.1) is 6.92 Å². The molecular weight excluding hydrogens is 127 g/mol. The van der Waals surface area contributed by atoms with Crippen LogP contribution in [0.15, 0.2) is 10.8 Å². The molecule has 0 bridgehead atoms. The molecule has 1 rings (SSSR count). The Kier molecular flexibility index (Phi) is 1.96. The van der Waals surface area contributed by atoms with Gasteiger partial charge in [0.2, 0.25) is 0 Å². The maximum Gasteiger partial charge on any atom is 0.171 e. The molecule has 0 aliphatic heterocycles. The van der Waals surface area contributed by atoms with Gasteiger partial charge in [-0.25, -0.2) is 0 Å². The lowest BCUT2D eigenvalue weighted by Gasteiger charge is -1.97. The first kappa shape index (κ1) is 6.88. The molecule has 0 unspecified atom stereocenters. The van der Waals surface area contributed by atoms with Crippen molar-refractivity contribution in [2.75, 3.05) is 0 Å². The van der Waals surface area contributed by atoms with E-state index in [0.29, 0.717) is 6.71 Å². The van der Waals surface area contributed by atoms with E-state index in [-0.39, 0.29) is 0 Å². The minimum atomic E-state index is 0.691. The van der Waals surface area contributed by atoms with Gasteiger partial charge in [0, 0.05) is 0 Å². The molecule has 9 heavy (non-hydrogen) atoms. The van der Waals surface area contributed by atoms with Gasteiger partial charge >= 0.3 is 0 Å². The largest absolute Gasteiger partial charge is 0.171 e. The first-order valence-corrected chi connectivity index (χ1v) is 4.18. The van der Waals surface area contributed by atoms with E-state index >= 15 is 0 Å². The molecule has 0 N–H and O–H groups in total. The van der Waals surface area contributed by atoms with E-state index in [2.05, 4.69) is 31.3 Å². The third-order valence-corrected chi connectivity index (χ3v) is 2.40. The Labute approximate surface area is 61.0 Å². The molecule has 1 aromatic rings. The van der Waals surface area contributed by atoms with Gasteiger partial charge in [-0.3, -0.25) is 0 Å². The predicted molar refractivity (Wildman–Crippen MR) is 46.2 cm³/mol. The average Bonchev–Trinajstić information content (AvgIpc) is 2.13. The van der Waals surface area contributed by atoms with Crippen molar-refractivity contribution < 1.29 is 0 Å². The van der Waals surface area contributed by atoms with Crippen LogP contribution < -0.4 is 5.46 Å². The lowest BCUT2D eigenvalue weighted by atomic mass is 9.49. The standard InChI is InChI=1S/C7H11BS/c1-6-4-9-5-7(6)8(2)3/h4-5H,1-3H3. The van der Waals surface area contributed by atoms with Crippen molar-refractivity contribution in [1.29, 1.82) is 0 Å². The number of rotatable bonds is 1. The maximum atomic E-state index is 2.24. The lowest BCUT2D eigenvalue weighted by molar-refractivity contribution is 1.59. The minimum absolute atomic E-state index is 0.691. The van der Waals surface area contributed by atoms with Gasteiger partial charge in [-0.2, -0.15) is 11.3 Å². The van der Waals surface area contributed by atoms with E-state index in [9.17, 15) is 0 Å². The Balaban J connectivity index is 2.94. The summed E-state index contributed by atoms with van der Waals surface area (Å²) in [5.41, 5.74) is 2.94. The highest BCUT2D eigenvalue weighted by Gasteiger charge is 2.05. The summed E-state index contributed by atoms with van der Waals surface area (Å²) in [5, 5.41) is 4.44. The average molecular weight is 138 g/mol. The molecule has 0 spiro atoms. The van der Waals surface area contributed by atoms with Crippen LogP contribution >= 0.6 is 11.3 Å². The summed E-state index contributed by atoms with van der Waals surface area (Å²) < 4.78 is 0. The maximum absolute atomic E-state index is 2.24. The number of hydrogen-bond donors (Lipinski definition) is 0. The normalized spacial score (nSPS) is 9.67. The van der Waals surface area contributed by atoms with Crippen molar-refractivity contribution in [2.24, 2.45) is 0 Å². The fourth-order valence-corrected chi connectivity index (χ4v) is 1.97. The highest BCUT2D eigenvalue weighted by atomic mass is 32.1. The van der Waals surface area contributed by atoms with Gasteiger partial charge in [-0.15, -0.1) is 0 Å². The van der Waals surface area contributed by atoms with E-state index < -0.39 is 0 Å². The van der Waals surface area contributed by atoms with Crippen LogP contribution in [0.4, 0.5) is 0 Å². The molecular formula is C7H11BS. The van der Waals surface area contributed by atoms with Gasteiger partial charge in [0.15, 0.2) is 6.71 Å². The van der Waals surface area contributed by atoms with Crippen LogP contribution in [0.3, 0.4) is 0 Å². The van der Waals surface area contributed by atoms with Crippen LogP contribution in [0.25, 0.3) is 0 Å². The molecule has 0 nitrogen and oxygen atoms in total. The third-order valence-electron chi connectivity index (χ3n) is 1.52. The molecule has 1 aromatic heterocycles. The molecule has 0 fully saturated rings. The van der Waals surface area contributed by atoms with Crippen LogP contribution in [0.2, 0.25) is 13.6 Å². The molecule has 0 atom stereocenters. The third kappa shape index (κ3) is 1.36. The summed E-state index contributed by atoms with van der Waals surface area (Å²) in [6.07, 6.45) is 0. The van der Waals surface area contributed by atoms with Gasteiger partial charge < -0.3 is 0 Å². The van der Waals surface area contributed by atoms with E-state index in [4.69, 9.17) is 0 Å². The fraction of sp³-hybridized carbons (Fsp3) is 0.429. The van der Waals surface area contributed by atoms with Crippen LogP contribution in [-0.4, -0.2) is 6.71 Å². The topological polar surface area (TPSA) is 0 Å². The van der Waals surface area contributed by atoms with E-state index in [1.807, 2.05) is 0 Å². The summed E-state index contributed by atoms with van der Waals surface area (Å²) >= 11 is 1.79. The zero-order chi connectivity index (χ0) is 6.85. The molecule has 1 heterocycles. The van der Waals surface area contributed by atoms with Crippen molar-refractivity contribution in [3.8, 4) is 0 Å². The van der Waals surface area contributed by atoms with Gasteiger partial charge in [-0.1, -0.05) is 19.1 Å². The van der Waals surface area contributed by atoms with Crippen molar-refractivity contribution in [2.45, 2.75) is 20.6 Å². The minimum Gasteiger partial charge on any atom is -0.153 e. The molecule has 0 aromatic carbocycles. The Morgan fingerprint density at radius 1 is 1.33 bits per heavy atom. The lowest BCUT2D eigenvalue weighted by Crippen LogP contribution is -2.22. The quantitative estimate of drug-likeness (QED) is 0.520. The van der Waals surface area contributed by atoms with Crippen molar-refractivity contribution >= 4 is 23.5 Å². The number of aryl methyl sites for hydroxylation is 1. The zero-order valence-corrected chi connectivity index (χ0v) is 6.96. The molecule has 48 valence electrons. The van der Waals surface area contributed by atoms with Crippen LogP contribution in [0.5, 0.6) is 0 Å². The van der Waals surface area contributed by atoms with E-state index in [1.54, 1.807) is 11.3 Å². The first-order chi connectivity index (χ1) is 4.22. The monoisotopic (exact) mass is 138 g/mol. The van der Waals surface area contributed by atoms with Crippen molar-refractivity contribution in [3.63, 3.8) is 0 Å². The van der Waals surface area contributed by atoms with E-state index in [0.717, 1.165) is 0 Å². The zero-order valence-electron chi connectivity index (χ0n) is 6.14. The highest BCUT2D eigenvalue weighted by molar-refractivity contribution is 7.09. The molecule has 0 saturated carbocycles. The highest BCUT2D eigenvalue weighted by Crippen LogP contribution is 2.02. The van der Waals surface area contributed by atoms with Crippen LogP contribution in [-0.2, 0) is 0 Å². The summed E-state index contributed by atoms with van der Waals surface area (Å²) in [7, 11) is 0. The molecule has 2 heteroatoms. The molecule has 0 amide bonds. The Bertz CT molecular complexity index is 191.